The number of nitrogens with one attached hydrogen (secondary N) is 2. The van der Waals surface area contributed by atoms with Gasteiger partial charge in [-0.3, -0.25) is 0 Å². The summed E-state index contributed by atoms with van der Waals surface area (Å²) in [5, 5.41) is 13.4. The van der Waals surface area contributed by atoms with Gasteiger partial charge in [0, 0.05) is 6.54 Å². The number of sulfone groups is 1. The molecule has 10 nitrogen and oxygen atoms in total. The maximum atomic E-state index is 12.0. The molecule has 0 aliphatic rings. The topological polar surface area (TPSA) is 148 Å². The number of carboxylic acid groups (broad SMARTS) is 1. The SMILES string of the molecule is CC(C)(C)OC(=O)NCCS(=O)(=O)CC(NC(=O)OC(C)(C)C)C(=O)O. The molecular weight excluding hydrogens is 368 g/mol. The quantitative estimate of drug-likeness (QED) is 0.575. The molecule has 0 radical (unpaired) electrons. The van der Waals surface area contributed by atoms with E-state index in [9.17, 15) is 22.8 Å². The number of alkyl carbamates (subject to hydrolysis) is 2. The van der Waals surface area contributed by atoms with Crippen LogP contribution in [0.1, 0.15) is 41.5 Å². The van der Waals surface area contributed by atoms with Crippen molar-refractivity contribution in [3.63, 3.8) is 0 Å². The van der Waals surface area contributed by atoms with Crippen LogP contribution in [0.15, 0.2) is 0 Å². The molecule has 0 aliphatic carbocycles. The summed E-state index contributed by atoms with van der Waals surface area (Å²) in [5.74, 6) is -2.86. The molecule has 2 amide bonds. The molecule has 1 unspecified atom stereocenters. The minimum atomic E-state index is -3.88. The van der Waals surface area contributed by atoms with Gasteiger partial charge in [-0.25, -0.2) is 22.8 Å². The fourth-order valence-corrected chi connectivity index (χ4v) is 2.90. The molecular formula is C15H28N2O8S. The lowest BCUT2D eigenvalue weighted by Crippen LogP contribution is -2.48. The van der Waals surface area contributed by atoms with Crippen LogP contribution in [-0.2, 0) is 24.1 Å². The van der Waals surface area contributed by atoms with Gasteiger partial charge in [0.15, 0.2) is 9.84 Å². The van der Waals surface area contributed by atoms with Gasteiger partial charge >= 0.3 is 18.2 Å². The average molecular weight is 396 g/mol. The summed E-state index contributed by atoms with van der Waals surface area (Å²) in [7, 11) is -3.88. The van der Waals surface area contributed by atoms with Crippen LogP contribution in [0, 0.1) is 0 Å². The van der Waals surface area contributed by atoms with Crippen LogP contribution >= 0.6 is 0 Å². The van der Waals surface area contributed by atoms with Crippen molar-refractivity contribution in [2.24, 2.45) is 0 Å². The molecule has 152 valence electrons. The zero-order chi connectivity index (χ0) is 20.8. The van der Waals surface area contributed by atoms with Crippen molar-refractivity contribution in [2.45, 2.75) is 58.8 Å². The number of amides is 2. The molecule has 0 aliphatic heterocycles. The van der Waals surface area contributed by atoms with Gasteiger partial charge in [-0.05, 0) is 41.5 Å². The third-order valence-corrected chi connectivity index (χ3v) is 4.16. The Hall–Kier alpha value is -2.04. The molecule has 0 aromatic carbocycles. The fourth-order valence-electron chi connectivity index (χ4n) is 1.58. The van der Waals surface area contributed by atoms with Gasteiger partial charge in [-0.1, -0.05) is 0 Å². The molecule has 0 saturated carbocycles. The van der Waals surface area contributed by atoms with Gasteiger partial charge in [0.1, 0.15) is 17.2 Å². The minimum absolute atomic E-state index is 0.254. The smallest absolute Gasteiger partial charge is 0.408 e. The number of aliphatic carboxylic acids is 1. The molecule has 0 heterocycles. The van der Waals surface area contributed by atoms with Crippen molar-refractivity contribution in [1.82, 2.24) is 10.6 Å². The van der Waals surface area contributed by atoms with E-state index in [0.717, 1.165) is 0 Å². The highest BCUT2D eigenvalue weighted by molar-refractivity contribution is 7.91. The van der Waals surface area contributed by atoms with Crippen LogP contribution in [0.4, 0.5) is 9.59 Å². The Labute approximate surface area is 153 Å². The van der Waals surface area contributed by atoms with E-state index < -0.39 is 56.7 Å². The number of ether oxygens (including phenoxy) is 2. The van der Waals surface area contributed by atoms with Crippen LogP contribution in [0.25, 0.3) is 0 Å². The van der Waals surface area contributed by atoms with Crippen molar-refractivity contribution in [1.29, 1.82) is 0 Å². The first-order valence-corrected chi connectivity index (χ1v) is 9.72. The Morgan fingerprint density at radius 1 is 0.962 bits per heavy atom. The summed E-state index contributed by atoms with van der Waals surface area (Å²) in [5.41, 5.74) is -1.59. The molecule has 0 spiro atoms. The highest BCUT2D eigenvalue weighted by Crippen LogP contribution is 2.08. The van der Waals surface area contributed by atoms with E-state index in [1.165, 1.54) is 0 Å². The van der Waals surface area contributed by atoms with E-state index in [0.29, 0.717) is 0 Å². The van der Waals surface area contributed by atoms with Crippen molar-refractivity contribution in [2.75, 3.05) is 18.1 Å². The Kier molecular flexibility index (Phi) is 8.35. The van der Waals surface area contributed by atoms with Crippen LogP contribution in [0.3, 0.4) is 0 Å². The van der Waals surface area contributed by atoms with Gasteiger partial charge in [-0.15, -0.1) is 0 Å². The minimum Gasteiger partial charge on any atom is -0.480 e. The summed E-state index contributed by atoms with van der Waals surface area (Å²) in [4.78, 5) is 34.3. The van der Waals surface area contributed by atoms with Gasteiger partial charge in [0.25, 0.3) is 0 Å². The normalized spacial score (nSPS) is 13.5. The zero-order valence-electron chi connectivity index (χ0n) is 15.9. The van der Waals surface area contributed by atoms with E-state index in [1.54, 1.807) is 41.5 Å². The molecule has 0 saturated heterocycles. The van der Waals surface area contributed by atoms with Crippen molar-refractivity contribution < 1.29 is 37.4 Å². The lowest BCUT2D eigenvalue weighted by atomic mass is 10.2. The predicted octanol–water partition coefficient (Wildman–Crippen LogP) is 0.904. The first-order chi connectivity index (χ1) is 11.5. The second-order valence-corrected chi connectivity index (χ2v) is 9.81. The summed E-state index contributed by atoms with van der Waals surface area (Å²) in [6, 6.07) is -1.67. The van der Waals surface area contributed by atoms with Gasteiger partial charge in [-0.2, -0.15) is 0 Å². The number of hydrogen-bond donors (Lipinski definition) is 3. The monoisotopic (exact) mass is 396 g/mol. The molecule has 0 fully saturated rings. The summed E-state index contributed by atoms with van der Waals surface area (Å²) in [6.07, 6.45) is -1.82. The second kappa shape index (κ2) is 9.06. The fraction of sp³-hybridized carbons (Fsp3) is 0.800. The third-order valence-electron chi connectivity index (χ3n) is 2.49. The first kappa shape index (κ1) is 24.0. The maximum Gasteiger partial charge on any atom is 0.408 e. The van der Waals surface area contributed by atoms with Crippen LogP contribution in [0.5, 0.6) is 0 Å². The lowest BCUT2D eigenvalue weighted by molar-refractivity contribution is -0.138. The number of rotatable bonds is 7. The largest absolute Gasteiger partial charge is 0.480 e. The number of carbonyl (C=O) groups excluding carboxylic acids is 2. The third kappa shape index (κ3) is 12.3. The Bertz CT molecular complexity index is 617. The molecule has 1 atom stereocenters. The summed E-state index contributed by atoms with van der Waals surface area (Å²) < 4.78 is 33.9. The van der Waals surface area contributed by atoms with Crippen LogP contribution < -0.4 is 10.6 Å². The van der Waals surface area contributed by atoms with Gasteiger partial charge < -0.3 is 25.2 Å². The molecule has 0 aromatic rings. The first-order valence-electron chi connectivity index (χ1n) is 7.90. The summed E-state index contributed by atoms with van der Waals surface area (Å²) in [6.45, 7) is 9.47. The highest BCUT2D eigenvalue weighted by atomic mass is 32.2. The van der Waals surface area contributed by atoms with Crippen LogP contribution in [0.2, 0.25) is 0 Å². The highest BCUT2D eigenvalue weighted by Gasteiger charge is 2.29. The molecule has 0 aromatic heterocycles. The molecule has 26 heavy (non-hydrogen) atoms. The van der Waals surface area contributed by atoms with Crippen LogP contribution in [-0.4, -0.2) is 67.0 Å². The standard InChI is InChI=1S/C15H28N2O8S/c1-14(2,3)24-12(20)16-7-8-26(22,23)9-10(11(18)19)17-13(21)25-15(4,5)6/h10H,7-9H2,1-6H3,(H,16,20)(H,17,21)(H,18,19). The van der Waals surface area contributed by atoms with E-state index >= 15 is 0 Å². The Morgan fingerprint density at radius 3 is 1.85 bits per heavy atom. The Balaban J connectivity index is 4.64. The van der Waals surface area contributed by atoms with E-state index in [4.69, 9.17) is 14.6 Å². The molecule has 11 heteroatoms. The molecule has 3 N–H and O–H groups in total. The lowest BCUT2D eigenvalue weighted by Gasteiger charge is -2.22. The summed E-state index contributed by atoms with van der Waals surface area (Å²) >= 11 is 0. The van der Waals surface area contributed by atoms with Gasteiger partial charge in [0.05, 0.1) is 11.5 Å². The second-order valence-electron chi connectivity index (χ2n) is 7.58. The Morgan fingerprint density at radius 2 is 1.42 bits per heavy atom. The molecule has 0 rings (SSSR count). The van der Waals surface area contributed by atoms with Crippen molar-refractivity contribution in [3.8, 4) is 0 Å². The predicted molar refractivity (Wildman–Crippen MR) is 93.7 cm³/mol. The molecule has 0 bridgehead atoms. The number of carbonyl (C=O) groups is 3. The average Bonchev–Trinajstić information content (AvgIpc) is 2.32. The van der Waals surface area contributed by atoms with E-state index in [2.05, 4.69) is 5.32 Å². The number of hydrogen-bond acceptors (Lipinski definition) is 7. The van der Waals surface area contributed by atoms with E-state index in [1.807, 2.05) is 5.32 Å². The van der Waals surface area contributed by atoms with Crippen molar-refractivity contribution in [3.05, 3.63) is 0 Å². The van der Waals surface area contributed by atoms with E-state index in [-0.39, 0.29) is 6.54 Å². The number of carboxylic acids is 1. The zero-order valence-corrected chi connectivity index (χ0v) is 16.7. The van der Waals surface area contributed by atoms with Crippen molar-refractivity contribution >= 4 is 28.0 Å². The maximum absolute atomic E-state index is 12.0. The van der Waals surface area contributed by atoms with Gasteiger partial charge in [0.2, 0.25) is 0 Å².